The Bertz CT molecular complexity index is 280. The smallest absolute Gasteiger partial charge is 0.394 e. The largest absolute Gasteiger partial charge is 0.472 e. The van der Waals surface area contributed by atoms with Crippen LogP contribution in [0, 0.1) is 0 Å². The predicted octanol–water partition coefficient (Wildman–Crippen LogP) is -3.14. The third kappa shape index (κ3) is 3.20. The molecule has 9 nitrogen and oxygen atoms in total. The van der Waals surface area contributed by atoms with Crippen LogP contribution in [0.3, 0.4) is 0 Å². The molecule has 0 saturated carbocycles. The summed E-state index contributed by atoms with van der Waals surface area (Å²) in [6, 6.07) is -1.07. The number of aliphatic hydroxyl groups excluding tert-OH is 3. The third-order valence-electron chi connectivity index (χ3n) is 2.18. The minimum Gasteiger partial charge on any atom is -0.394 e. The maximum absolute atomic E-state index is 10.5. The number of hydrogen-bond donors (Lipinski definition) is 6. The van der Waals surface area contributed by atoms with Gasteiger partial charge in [-0.25, -0.2) is 4.57 Å². The summed E-state index contributed by atoms with van der Waals surface area (Å²) < 4.78 is 19.5. The summed E-state index contributed by atoms with van der Waals surface area (Å²) in [5, 5.41) is 27.6. The van der Waals surface area contributed by atoms with Crippen molar-refractivity contribution >= 4 is 7.82 Å². The molecule has 0 unspecified atom stereocenters. The second-order valence-corrected chi connectivity index (χ2v) is 4.57. The first-order valence-electron chi connectivity index (χ1n) is 4.38. The Morgan fingerprint density at radius 3 is 2.31 bits per heavy atom. The molecule has 7 N–H and O–H groups in total. The van der Waals surface area contributed by atoms with Crippen molar-refractivity contribution in [2.45, 2.75) is 30.6 Å². The van der Waals surface area contributed by atoms with Crippen LogP contribution in [0.1, 0.15) is 0 Å². The Morgan fingerprint density at radius 1 is 1.31 bits per heavy atom. The average Bonchev–Trinajstić information content (AvgIpc) is 2.17. The Hall–Kier alpha value is -0.0900. The predicted molar refractivity (Wildman–Crippen MR) is 48.9 cm³/mol. The Kier molecular flexibility index (Phi) is 4.41. The quantitative estimate of drug-likeness (QED) is 0.287. The molecule has 0 amide bonds. The van der Waals surface area contributed by atoms with Crippen molar-refractivity contribution in [1.29, 1.82) is 0 Å². The van der Waals surface area contributed by atoms with E-state index in [1.54, 1.807) is 0 Å². The van der Waals surface area contributed by atoms with Crippen molar-refractivity contribution in [3.05, 3.63) is 0 Å². The van der Waals surface area contributed by atoms with Crippen molar-refractivity contribution in [1.82, 2.24) is 0 Å². The molecule has 1 rings (SSSR count). The van der Waals surface area contributed by atoms with Gasteiger partial charge in [0.2, 0.25) is 0 Å². The van der Waals surface area contributed by atoms with Crippen LogP contribution >= 0.6 is 7.82 Å². The molecule has 1 fully saturated rings. The van der Waals surface area contributed by atoms with E-state index in [-0.39, 0.29) is 0 Å². The highest BCUT2D eigenvalue weighted by atomic mass is 31.2. The lowest BCUT2D eigenvalue weighted by Gasteiger charge is -2.40. The summed E-state index contributed by atoms with van der Waals surface area (Å²) >= 11 is 0. The van der Waals surface area contributed by atoms with E-state index in [9.17, 15) is 14.8 Å². The minimum absolute atomic E-state index is 0.577. The van der Waals surface area contributed by atoms with Crippen LogP contribution in [0.2, 0.25) is 0 Å². The van der Waals surface area contributed by atoms with Gasteiger partial charge in [-0.05, 0) is 0 Å². The molecule has 0 bridgehead atoms. The van der Waals surface area contributed by atoms with Gasteiger partial charge in [0, 0.05) is 0 Å². The highest BCUT2D eigenvalue weighted by molar-refractivity contribution is 7.46. The zero-order valence-corrected chi connectivity index (χ0v) is 8.97. The van der Waals surface area contributed by atoms with Crippen LogP contribution in [0.5, 0.6) is 0 Å². The van der Waals surface area contributed by atoms with Gasteiger partial charge in [0.1, 0.15) is 18.3 Å². The molecule has 5 atom stereocenters. The van der Waals surface area contributed by atoms with Crippen LogP contribution in [0.25, 0.3) is 0 Å². The third-order valence-corrected chi connectivity index (χ3v) is 2.66. The number of ether oxygens (including phenoxy) is 1. The summed E-state index contributed by atoms with van der Waals surface area (Å²) in [4.78, 5) is 17.0. The molecule has 0 spiro atoms. The van der Waals surface area contributed by atoms with Crippen molar-refractivity contribution in [3.8, 4) is 0 Å². The first kappa shape index (κ1) is 14.0. The number of aliphatic hydroxyl groups is 3. The summed E-state index contributed by atoms with van der Waals surface area (Å²) in [7, 11) is -4.87. The fourth-order valence-electron chi connectivity index (χ4n) is 1.34. The van der Waals surface area contributed by atoms with Gasteiger partial charge in [-0.3, -0.25) is 4.52 Å². The SMILES string of the molecule is N[C@H]1[C@H](O)[C@@H](O)[C@H](OP(=O)(O)O)O[C@@H]1CO. The molecule has 1 saturated heterocycles. The van der Waals surface area contributed by atoms with E-state index in [0.29, 0.717) is 0 Å². The van der Waals surface area contributed by atoms with E-state index in [1.165, 1.54) is 0 Å². The summed E-state index contributed by atoms with van der Waals surface area (Å²) in [6.45, 7) is -0.577. The Labute approximate surface area is 90.6 Å². The second-order valence-electron chi connectivity index (χ2n) is 3.38. The van der Waals surface area contributed by atoms with Crippen molar-refractivity contribution < 1.29 is 38.9 Å². The van der Waals surface area contributed by atoms with Gasteiger partial charge in [0.15, 0.2) is 6.29 Å². The molecule has 1 aliphatic rings. The summed E-state index contributed by atoms with van der Waals surface area (Å²) in [5.41, 5.74) is 5.40. The first-order chi connectivity index (χ1) is 7.26. The maximum Gasteiger partial charge on any atom is 0.472 e. The first-order valence-corrected chi connectivity index (χ1v) is 5.91. The fourth-order valence-corrected chi connectivity index (χ4v) is 1.78. The number of nitrogens with two attached hydrogens (primary N) is 1. The second kappa shape index (κ2) is 5.05. The van der Waals surface area contributed by atoms with Crippen molar-refractivity contribution in [2.75, 3.05) is 6.61 Å². The van der Waals surface area contributed by atoms with E-state index >= 15 is 0 Å². The molecule has 1 aliphatic heterocycles. The lowest BCUT2D eigenvalue weighted by Crippen LogP contribution is -2.62. The van der Waals surface area contributed by atoms with Crippen LogP contribution in [-0.4, -0.2) is 62.4 Å². The van der Waals surface area contributed by atoms with Crippen LogP contribution in [0.4, 0.5) is 0 Å². The van der Waals surface area contributed by atoms with Gasteiger partial charge in [-0.2, -0.15) is 0 Å². The highest BCUT2D eigenvalue weighted by Gasteiger charge is 2.45. The molecular formula is C6H14NO8P. The minimum atomic E-state index is -4.87. The Balaban J connectivity index is 2.75. The number of hydrogen-bond acceptors (Lipinski definition) is 7. The Morgan fingerprint density at radius 2 is 1.88 bits per heavy atom. The average molecular weight is 259 g/mol. The molecular weight excluding hydrogens is 245 g/mol. The van der Waals surface area contributed by atoms with E-state index in [4.69, 9.17) is 25.4 Å². The monoisotopic (exact) mass is 259 g/mol. The molecule has 0 radical (unpaired) electrons. The zero-order valence-electron chi connectivity index (χ0n) is 8.08. The van der Waals surface area contributed by atoms with Crippen molar-refractivity contribution in [3.63, 3.8) is 0 Å². The standard InChI is InChI=1S/C6H14NO8P/c7-3-2(1-8)14-6(5(10)4(3)9)15-16(11,12)13/h2-6,8-10H,1,7H2,(H2,11,12,13)/t2-,3-,4+,5-,6+/m1/s1. The molecule has 0 aliphatic carbocycles. The normalized spacial score (nSPS) is 41.0. The number of rotatable bonds is 3. The topological polar surface area (TPSA) is 163 Å². The van der Waals surface area contributed by atoms with Gasteiger partial charge in [-0.15, -0.1) is 0 Å². The van der Waals surface area contributed by atoms with Crippen LogP contribution in [0.15, 0.2) is 0 Å². The molecule has 16 heavy (non-hydrogen) atoms. The number of phosphoric acid groups is 1. The fraction of sp³-hybridized carbons (Fsp3) is 1.00. The van der Waals surface area contributed by atoms with E-state index in [2.05, 4.69) is 4.52 Å². The van der Waals surface area contributed by atoms with Gasteiger partial charge in [0.05, 0.1) is 12.6 Å². The molecule has 0 aromatic heterocycles. The summed E-state index contributed by atoms with van der Waals surface area (Å²) in [6.07, 6.45) is -6.03. The van der Waals surface area contributed by atoms with Gasteiger partial charge >= 0.3 is 7.82 Å². The zero-order chi connectivity index (χ0) is 12.5. The van der Waals surface area contributed by atoms with Gasteiger partial charge < -0.3 is 35.6 Å². The lowest BCUT2D eigenvalue weighted by atomic mass is 9.97. The van der Waals surface area contributed by atoms with E-state index in [1.807, 2.05) is 0 Å². The highest BCUT2D eigenvalue weighted by Crippen LogP contribution is 2.40. The molecule has 1 heterocycles. The maximum atomic E-state index is 10.5. The molecule has 10 heteroatoms. The van der Waals surface area contributed by atoms with E-state index < -0.39 is 45.1 Å². The van der Waals surface area contributed by atoms with E-state index in [0.717, 1.165) is 0 Å². The lowest BCUT2D eigenvalue weighted by molar-refractivity contribution is -0.251. The molecule has 96 valence electrons. The molecule has 0 aromatic carbocycles. The number of phosphoric ester groups is 1. The van der Waals surface area contributed by atoms with Crippen LogP contribution < -0.4 is 5.73 Å². The van der Waals surface area contributed by atoms with Crippen molar-refractivity contribution in [2.24, 2.45) is 5.73 Å². The van der Waals surface area contributed by atoms with Crippen LogP contribution in [-0.2, 0) is 13.8 Å². The molecule has 0 aromatic rings. The van der Waals surface area contributed by atoms with Gasteiger partial charge in [0.25, 0.3) is 0 Å². The van der Waals surface area contributed by atoms with Gasteiger partial charge in [-0.1, -0.05) is 0 Å². The summed E-state index contributed by atoms with van der Waals surface area (Å²) in [5.74, 6) is 0.